The Morgan fingerprint density at radius 1 is 1.15 bits per heavy atom. The molecule has 3 rings (SSSR count). The zero-order valence-corrected chi connectivity index (χ0v) is 16.3. The summed E-state index contributed by atoms with van der Waals surface area (Å²) >= 11 is 1.59. The lowest BCUT2D eigenvalue weighted by molar-refractivity contribution is 0.380. The first-order chi connectivity index (χ1) is 12.3. The first-order valence-corrected chi connectivity index (χ1v) is 9.53. The molecule has 0 amide bonds. The molecule has 6 nitrogen and oxygen atoms in total. The molecule has 26 heavy (non-hydrogen) atoms. The maximum atomic E-state index is 13.0. The summed E-state index contributed by atoms with van der Waals surface area (Å²) in [5.74, 6) is 0.325. The van der Waals surface area contributed by atoms with Crippen molar-refractivity contribution in [2.24, 2.45) is 10.7 Å². The van der Waals surface area contributed by atoms with Gasteiger partial charge in [0.05, 0.1) is 6.54 Å². The lowest BCUT2D eigenvalue weighted by Gasteiger charge is -2.36. The van der Waals surface area contributed by atoms with Gasteiger partial charge in [-0.1, -0.05) is 32.1 Å². The predicted molar refractivity (Wildman–Crippen MR) is 104 cm³/mol. The van der Waals surface area contributed by atoms with Crippen molar-refractivity contribution in [3.05, 3.63) is 40.1 Å². The smallest absolute Gasteiger partial charge is 0.191 e. The minimum atomic E-state index is -0.213. The van der Waals surface area contributed by atoms with Gasteiger partial charge in [-0.2, -0.15) is 0 Å². The van der Waals surface area contributed by atoms with Gasteiger partial charge in [-0.3, -0.25) is 0 Å². The highest BCUT2D eigenvalue weighted by Crippen LogP contribution is 2.25. The summed E-state index contributed by atoms with van der Waals surface area (Å²) in [6.07, 6.45) is 0. The summed E-state index contributed by atoms with van der Waals surface area (Å²) in [6, 6.07) is 6.60. The van der Waals surface area contributed by atoms with Gasteiger partial charge < -0.3 is 15.5 Å². The van der Waals surface area contributed by atoms with Crippen molar-refractivity contribution in [3.8, 4) is 0 Å². The van der Waals surface area contributed by atoms with Gasteiger partial charge >= 0.3 is 0 Å². The van der Waals surface area contributed by atoms with Gasteiger partial charge in [-0.25, -0.2) is 9.38 Å². The zero-order valence-electron chi connectivity index (χ0n) is 15.4. The van der Waals surface area contributed by atoms with E-state index >= 15 is 0 Å². The largest absolute Gasteiger partial charge is 0.370 e. The number of rotatable bonds is 3. The first-order valence-electron chi connectivity index (χ1n) is 8.71. The van der Waals surface area contributed by atoms with Gasteiger partial charge in [0.1, 0.15) is 15.8 Å². The van der Waals surface area contributed by atoms with Crippen LogP contribution in [0, 0.1) is 5.82 Å². The van der Waals surface area contributed by atoms with Gasteiger partial charge in [0.2, 0.25) is 0 Å². The number of aliphatic imine (C=N–C) groups is 1. The van der Waals surface area contributed by atoms with Crippen LogP contribution in [0.15, 0.2) is 29.3 Å². The van der Waals surface area contributed by atoms with E-state index in [9.17, 15) is 4.39 Å². The molecule has 0 bridgehead atoms. The van der Waals surface area contributed by atoms with Gasteiger partial charge in [-0.05, 0) is 24.3 Å². The van der Waals surface area contributed by atoms with Crippen molar-refractivity contribution in [2.75, 3.05) is 31.1 Å². The van der Waals surface area contributed by atoms with Crippen LogP contribution in [0.4, 0.5) is 10.1 Å². The highest BCUT2D eigenvalue weighted by Gasteiger charge is 2.20. The molecule has 2 heterocycles. The van der Waals surface area contributed by atoms with Crippen molar-refractivity contribution in [2.45, 2.75) is 32.7 Å². The van der Waals surface area contributed by atoms with Gasteiger partial charge in [-0.15, -0.1) is 10.2 Å². The zero-order chi connectivity index (χ0) is 18.7. The van der Waals surface area contributed by atoms with E-state index < -0.39 is 0 Å². The number of guanidine groups is 1. The molecule has 0 aliphatic carbocycles. The number of hydrogen-bond acceptors (Lipinski definition) is 5. The summed E-state index contributed by atoms with van der Waals surface area (Å²) < 4.78 is 13.0. The molecule has 2 N–H and O–H groups in total. The van der Waals surface area contributed by atoms with E-state index in [2.05, 4.69) is 45.8 Å². The molecule has 0 atom stereocenters. The summed E-state index contributed by atoms with van der Waals surface area (Å²) in [5, 5.41) is 10.3. The lowest BCUT2D eigenvalue weighted by atomic mass is 9.98. The van der Waals surface area contributed by atoms with E-state index in [1.807, 2.05) is 12.1 Å². The van der Waals surface area contributed by atoms with Gasteiger partial charge in [0.15, 0.2) is 5.96 Å². The van der Waals surface area contributed by atoms with Crippen LogP contribution in [0.1, 0.15) is 30.8 Å². The fourth-order valence-corrected chi connectivity index (χ4v) is 3.54. The average Bonchev–Trinajstić information content (AvgIpc) is 3.10. The van der Waals surface area contributed by atoms with Gasteiger partial charge in [0.25, 0.3) is 0 Å². The molecule has 0 saturated carbocycles. The fourth-order valence-electron chi connectivity index (χ4n) is 2.71. The molecule has 140 valence electrons. The molecule has 1 fully saturated rings. The number of aromatic nitrogens is 2. The van der Waals surface area contributed by atoms with Crippen molar-refractivity contribution in [1.29, 1.82) is 0 Å². The third kappa shape index (κ3) is 4.49. The first kappa shape index (κ1) is 18.6. The SMILES string of the molecule is CC(C)(C)c1nnc(CN=C(N)N2CCN(c3ccc(F)cc3)CC2)s1. The Morgan fingerprint density at radius 3 is 2.38 bits per heavy atom. The number of nitrogens with zero attached hydrogens (tertiary/aromatic N) is 5. The Kier molecular flexibility index (Phi) is 5.41. The molecule has 1 saturated heterocycles. The number of piperazine rings is 1. The van der Waals surface area contributed by atoms with E-state index in [0.717, 1.165) is 41.9 Å². The molecule has 0 spiro atoms. The third-order valence-corrected chi connectivity index (χ3v) is 5.61. The molecule has 1 aromatic heterocycles. The van der Waals surface area contributed by atoms with Crippen molar-refractivity contribution in [1.82, 2.24) is 15.1 Å². The van der Waals surface area contributed by atoms with Crippen LogP contribution in [0.2, 0.25) is 0 Å². The lowest BCUT2D eigenvalue weighted by Crippen LogP contribution is -2.51. The normalized spacial score (nSPS) is 16.2. The van der Waals surface area contributed by atoms with E-state index in [4.69, 9.17) is 5.73 Å². The topological polar surface area (TPSA) is 70.6 Å². The second-order valence-corrected chi connectivity index (χ2v) is 8.44. The van der Waals surface area contributed by atoms with Crippen LogP contribution in [0.3, 0.4) is 0 Å². The van der Waals surface area contributed by atoms with Crippen LogP contribution in [-0.4, -0.2) is 47.2 Å². The van der Waals surface area contributed by atoms with Crippen LogP contribution < -0.4 is 10.6 Å². The van der Waals surface area contributed by atoms with Crippen molar-refractivity contribution in [3.63, 3.8) is 0 Å². The Labute approximate surface area is 157 Å². The number of anilines is 1. The quantitative estimate of drug-likeness (QED) is 0.659. The summed E-state index contributed by atoms with van der Waals surface area (Å²) in [7, 11) is 0. The summed E-state index contributed by atoms with van der Waals surface area (Å²) in [4.78, 5) is 8.78. The van der Waals surface area contributed by atoms with Crippen LogP contribution in [-0.2, 0) is 12.0 Å². The van der Waals surface area contributed by atoms with E-state index in [0.29, 0.717) is 12.5 Å². The monoisotopic (exact) mass is 376 g/mol. The van der Waals surface area contributed by atoms with E-state index in [1.54, 1.807) is 11.3 Å². The third-order valence-electron chi connectivity index (χ3n) is 4.28. The van der Waals surface area contributed by atoms with Crippen molar-refractivity contribution >= 4 is 23.0 Å². The molecule has 2 aromatic rings. The molecular weight excluding hydrogens is 351 g/mol. The van der Waals surface area contributed by atoms with Gasteiger partial charge in [0, 0.05) is 37.3 Å². The maximum absolute atomic E-state index is 13.0. The van der Waals surface area contributed by atoms with E-state index in [-0.39, 0.29) is 11.2 Å². The fraction of sp³-hybridized carbons (Fsp3) is 0.500. The predicted octanol–water partition coefficient (Wildman–Crippen LogP) is 2.61. The number of halogens is 1. The molecular formula is C18H25FN6S. The molecule has 1 aliphatic heterocycles. The van der Waals surface area contributed by atoms with Crippen LogP contribution >= 0.6 is 11.3 Å². The second-order valence-electron chi connectivity index (χ2n) is 7.38. The molecule has 0 unspecified atom stereocenters. The van der Waals surface area contributed by atoms with Crippen molar-refractivity contribution < 1.29 is 4.39 Å². The summed E-state index contributed by atoms with van der Waals surface area (Å²) in [6.45, 7) is 10.0. The standard InChI is InChI=1S/C18H25FN6S/c1-18(2,3)16-23-22-15(26-16)12-21-17(20)25-10-8-24(9-11-25)14-6-4-13(19)5-7-14/h4-7H,8-12H2,1-3H3,(H2,20,21). The Hall–Kier alpha value is -2.22. The Bertz CT molecular complexity index is 757. The minimum Gasteiger partial charge on any atom is -0.370 e. The van der Waals surface area contributed by atoms with Crippen LogP contribution in [0.5, 0.6) is 0 Å². The number of hydrogen-bond donors (Lipinski definition) is 1. The Balaban J connectivity index is 1.54. The highest BCUT2D eigenvalue weighted by atomic mass is 32.1. The van der Waals surface area contributed by atoms with Crippen LogP contribution in [0.25, 0.3) is 0 Å². The molecule has 1 aliphatic rings. The number of nitrogens with two attached hydrogens (primary N) is 1. The van der Waals surface area contributed by atoms with E-state index in [1.165, 1.54) is 12.1 Å². The summed E-state index contributed by atoms with van der Waals surface area (Å²) in [5.41, 5.74) is 7.19. The number of benzene rings is 1. The molecule has 8 heteroatoms. The highest BCUT2D eigenvalue weighted by molar-refractivity contribution is 7.11. The second kappa shape index (κ2) is 7.57. The molecule has 0 radical (unpaired) electrons. The molecule has 1 aromatic carbocycles. The minimum absolute atomic E-state index is 0.00184. The average molecular weight is 377 g/mol. The maximum Gasteiger partial charge on any atom is 0.191 e. The Morgan fingerprint density at radius 2 is 1.81 bits per heavy atom.